The summed E-state index contributed by atoms with van der Waals surface area (Å²) < 4.78 is 0.877. The summed E-state index contributed by atoms with van der Waals surface area (Å²) in [6.45, 7) is 0.634. The van der Waals surface area contributed by atoms with Crippen molar-refractivity contribution in [2.45, 2.75) is 6.54 Å². The van der Waals surface area contributed by atoms with Crippen molar-refractivity contribution in [3.05, 3.63) is 70.3 Å². The van der Waals surface area contributed by atoms with Gasteiger partial charge in [0.1, 0.15) is 0 Å². The quantitative estimate of drug-likeness (QED) is 0.766. The number of nitrogens with zero attached hydrogens (tertiary/aromatic N) is 2. The zero-order chi connectivity index (χ0) is 14.7. The SMILES string of the molecule is N#Cc1ccc(NCc2ccc3ccccc3n2)c(Br)c1. The molecule has 102 valence electrons. The first-order chi connectivity index (χ1) is 10.3. The maximum absolute atomic E-state index is 8.86. The average molecular weight is 338 g/mol. The number of benzene rings is 2. The smallest absolute Gasteiger partial charge is 0.0992 e. The van der Waals surface area contributed by atoms with E-state index in [0.717, 1.165) is 26.8 Å². The molecule has 2 aromatic carbocycles. The predicted molar refractivity (Wildman–Crippen MR) is 87.9 cm³/mol. The topological polar surface area (TPSA) is 48.7 Å². The molecular formula is C17H12BrN3. The molecule has 0 saturated carbocycles. The van der Waals surface area contributed by atoms with Crippen LogP contribution < -0.4 is 5.32 Å². The van der Waals surface area contributed by atoms with Crippen LogP contribution in [-0.4, -0.2) is 4.98 Å². The summed E-state index contributed by atoms with van der Waals surface area (Å²) in [5, 5.41) is 13.3. The van der Waals surface area contributed by atoms with Crippen LogP contribution in [0.2, 0.25) is 0 Å². The Morgan fingerprint density at radius 3 is 2.76 bits per heavy atom. The van der Waals surface area contributed by atoms with Crippen molar-refractivity contribution in [2.24, 2.45) is 0 Å². The lowest BCUT2D eigenvalue weighted by Gasteiger charge is -2.09. The van der Waals surface area contributed by atoms with Crippen molar-refractivity contribution >= 4 is 32.5 Å². The van der Waals surface area contributed by atoms with E-state index < -0.39 is 0 Å². The van der Waals surface area contributed by atoms with Gasteiger partial charge in [0, 0.05) is 15.5 Å². The molecule has 0 aliphatic carbocycles. The Hall–Kier alpha value is -2.38. The summed E-state index contributed by atoms with van der Waals surface area (Å²) in [7, 11) is 0. The van der Waals surface area contributed by atoms with Crippen LogP contribution in [0.4, 0.5) is 5.69 Å². The third-order valence-corrected chi connectivity index (χ3v) is 3.87. The normalized spacial score (nSPS) is 10.3. The Balaban J connectivity index is 1.78. The van der Waals surface area contributed by atoms with Gasteiger partial charge < -0.3 is 5.32 Å². The van der Waals surface area contributed by atoms with Gasteiger partial charge in [-0.3, -0.25) is 4.98 Å². The maximum Gasteiger partial charge on any atom is 0.0992 e. The molecule has 0 amide bonds. The number of hydrogen-bond acceptors (Lipinski definition) is 3. The second-order valence-corrected chi connectivity index (χ2v) is 5.51. The zero-order valence-electron chi connectivity index (χ0n) is 11.2. The number of halogens is 1. The molecule has 0 fully saturated rings. The molecule has 0 bridgehead atoms. The number of nitriles is 1. The summed E-state index contributed by atoms with van der Waals surface area (Å²) >= 11 is 3.47. The second-order valence-electron chi connectivity index (χ2n) is 4.66. The van der Waals surface area contributed by atoms with Crippen LogP contribution >= 0.6 is 15.9 Å². The summed E-state index contributed by atoms with van der Waals surface area (Å²) in [4.78, 5) is 4.62. The first kappa shape index (κ1) is 13.6. The van der Waals surface area contributed by atoms with Gasteiger partial charge in [0.25, 0.3) is 0 Å². The first-order valence-electron chi connectivity index (χ1n) is 6.54. The minimum Gasteiger partial charge on any atom is -0.378 e. The number of anilines is 1. The number of aromatic nitrogens is 1. The number of nitrogens with one attached hydrogen (secondary N) is 1. The number of fused-ring (bicyclic) bond motifs is 1. The van der Waals surface area contributed by atoms with Crippen LogP contribution in [0.5, 0.6) is 0 Å². The molecule has 0 spiro atoms. The number of para-hydroxylation sites is 1. The average Bonchev–Trinajstić information content (AvgIpc) is 2.53. The molecule has 3 nitrogen and oxygen atoms in total. The summed E-state index contributed by atoms with van der Waals surface area (Å²) in [6.07, 6.45) is 0. The fraction of sp³-hybridized carbons (Fsp3) is 0.0588. The molecule has 0 saturated heterocycles. The molecule has 0 aliphatic rings. The van der Waals surface area contributed by atoms with Crippen LogP contribution in [0.15, 0.2) is 59.1 Å². The van der Waals surface area contributed by atoms with Crippen molar-refractivity contribution in [1.82, 2.24) is 4.98 Å². The Bertz CT molecular complexity index is 837. The Morgan fingerprint density at radius 2 is 1.95 bits per heavy atom. The van der Waals surface area contributed by atoms with Gasteiger partial charge in [-0.05, 0) is 46.3 Å². The molecule has 3 aromatic rings. The Morgan fingerprint density at radius 1 is 1.10 bits per heavy atom. The largest absolute Gasteiger partial charge is 0.378 e. The molecule has 1 N–H and O–H groups in total. The lowest BCUT2D eigenvalue weighted by atomic mass is 10.2. The van der Waals surface area contributed by atoms with E-state index in [0.29, 0.717) is 12.1 Å². The standard InChI is InChI=1S/C17H12BrN3/c18-15-9-12(10-19)5-8-17(15)20-11-14-7-6-13-3-1-2-4-16(13)21-14/h1-9,20H,11H2. The highest BCUT2D eigenvalue weighted by Gasteiger charge is 2.02. The number of hydrogen-bond donors (Lipinski definition) is 1. The number of pyridine rings is 1. The second kappa shape index (κ2) is 5.94. The predicted octanol–water partition coefficient (Wildman–Crippen LogP) is 4.48. The zero-order valence-corrected chi connectivity index (χ0v) is 12.8. The molecule has 0 unspecified atom stereocenters. The van der Waals surface area contributed by atoms with Gasteiger partial charge in [0.05, 0.1) is 29.4 Å². The number of rotatable bonds is 3. The molecule has 0 aliphatic heterocycles. The molecule has 21 heavy (non-hydrogen) atoms. The van der Waals surface area contributed by atoms with Crippen LogP contribution in [0.1, 0.15) is 11.3 Å². The molecule has 3 rings (SSSR count). The minimum atomic E-state index is 0.634. The highest BCUT2D eigenvalue weighted by molar-refractivity contribution is 9.10. The van der Waals surface area contributed by atoms with Crippen LogP contribution in [-0.2, 0) is 6.54 Å². The minimum absolute atomic E-state index is 0.634. The molecule has 1 heterocycles. The van der Waals surface area contributed by atoms with Gasteiger partial charge in [-0.1, -0.05) is 24.3 Å². The van der Waals surface area contributed by atoms with Crippen molar-refractivity contribution in [3.63, 3.8) is 0 Å². The van der Waals surface area contributed by atoms with Gasteiger partial charge in [0.15, 0.2) is 0 Å². The van der Waals surface area contributed by atoms with Crippen molar-refractivity contribution in [3.8, 4) is 6.07 Å². The lowest BCUT2D eigenvalue weighted by Crippen LogP contribution is -2.02. The van der Waals surface area contributed by atoms with E-state index >= 15 is 0 Å². The van der Waals surface area contributed by atoms with E-state index in [1.54, 1.807) is 12.1 Å². The third kappa shape index (κ3) is 3.04. The van der Waals surface area contributed by atoms with E-state index in [-0.39, 0.29) is 0 Å². The fourth-order valence-electron chi connectivity index (χ4n) is 2.12. The van der Waals surface area contributed by atoms with Crippen LogP contribution in [0.3, 0.4) is 0 Å². The Kier molecular flexibility index (Phi) is 3.85. The lowest BCUT2D eigenvalue weighted by molar-refractivity contribution is 1.07. The van der Waals surface area contributed by atoms with Gasteiger partial charge in [-0.15, -0.1) is 0 Å². The van der Waals surface area contributed by atoms with E-state index in [1.165, 1.54) is 0 Å². The third-order valence-electron chi connectivity index (χ3n) is 3.21. The van der Waals surface area contributed by atoms with Crippen molar-refractivity contribution < 1.29 is 0 Å². The van der Waals surface area contributed by atoms with E-state index in [4.69, 9.17) is 5.26 Å². The molecule has 1 aromatic heterocycles. The van der Waals surface area contributed by atoms with Gasteiger partial charge in [0.2, 0.25) is 0 Å². The monoisotopic (exact) mass is 337 g/mol. The highest BCUT2D eigenvalue weighted by atomic mass is 79.9. The summed E-state index contributed by atoms with van der Waals surface area (Å²) in [6, 6.07) is 19.8. The van der Waals surface area contributed by atoms with Gasteiger partial charge in [-0.2, -0.15) is 5.26 Å². The van der Waals surface area contributed by atoms with Crippen LogP contribution in [0, 0.1) is 11.3 Å². The van der Waals surface area contributed by atoms with Crippen LogP contribution in [0.25, 0.3) is 10.9 Å². The van der Waals surface area contributed by atoms with E-state index in [1.807, 2.05) is 30.3 Å². The molecule has 4 heteroatoms. The summed E-state index contributed by atoms with van der Waals surface area (Å²) in [5.41, 5.74) is 3.56. The van der Waals surface area contributed by atoms with Gasteiger partial charge >= 0.3 is 0 Å². The van der Waals surface area contributed by atoms with E-state index in [2.05, 4.69) is 44.4 Å². The Labute approximate surface area is 131 Å². The molecular weight excluding hydrogens is 326 g/mol. The summed E-state index contributed by atoms with van der Waals surface area (Å²) in [5.74, 6) is 0. The van der Waals surface area contributed by atoms with Crippen molar-refractivity contribution in [2.75, 3.05) is 5.32 Å². The van der Waals surface area contributed by atoms with Gasteiger partial charge in [-0.25, -0.2) is 0 Å². The maximum atomic E-state index is 8.86. The molecule has 0 atom stereocenters. The van der Waals surface area contributed by atoms with Crippen molar-refractivity contribution in [1.29, 1.82) is 5.26 Å². The highest BCUT2D eigenvalue weighted by Crippen LogP contribution is 2.24. The van der Waals surface area contributed by atoms with E-state index in [9.17, 15) is 0 Å². The first-order valence-corrected chi connectivity index (χ1v) is 7.34. The molecule has 0 radical (unpaired) electrons. The fourth-order valence-corrected chi connectivity index (χ4v) is 2.64.